The average Bonchev–Trinajstić information content (AvgIpc) is 3.00. The minimum atomic E-state index is -0.730. The first-order valence-electron chi connectivity index (χ1n) is 18.5. The lowest BCUT2D eigenvalue weighted by Gasteiger charge is -2.34. The van der Waals surface area contributed by atoms with Crippen LogP contribution in [0, 0.1) is 13.8 Å². The van der Waals surface area contributed by atoms with Crippen LogP contribution in [0.1, 0.15) is 162 Å². The van der Waals surface area contributed by atoms with Gasteiger partial charge in [-0.25, -0.2) is 9.59 Å². The monoisotopic (exact) mass is 684 g/mol. The van der Waals surface area contributed by atoms with Gasteiger partial charge < -0.3 is 24.1 Å². The van der Waals surface area contributed by atoms with Crippen molar-refractivity contribution in [3.05, 3.63) is 87.5 Å². The Labute approximate surface area is 298 Å². The van der Waals surface area contributed by atoms with Gasteiger partial charge in [0.05, 0.1) is 0 Å². The van der Waals surface area contributed by atoms with E-state index in [1.165, 1.54) is 12.8 Å². The molecule has 0 radical (unpaired) electrons. The molecule has 5 rings (SSSR count). The van der Waals surface area contributed by atoms with Crippen LogP contribution in [0.3, 0.4) is 0 Å². The van der Waals surface area contributed by atoms with E-state index in [0.717, 1.165) is 90.3 Å². The number of benzene rings is 3. The van der Waals surface area contributed by atoms with Crippen LogP contribution in [0.5, 0.6) is 17.2 Å². The van der Waals surface area contributed by atoms with Gasteiger partial charge in [-0.2, -0.15) is 0 Å². The number of ether oxygens (including phenoxy) is 4. The summed E-state index contributed by atoms with van der Waals surface area (Å²) in [4.78, 5) is 26.5. The number of phenols is 1. The number of carbonyl (C=O) groups is 2. The van der Waals surface area contributed by atoms with E-state index in [9.17, 15) is 14.7 Å². The molecule has 3 aromatic rings. The molecular weight excluding hydrogens is 628 g/mol. The molecule has 3 aromatic carbocycles. The fourth-order valence-corrected chi connectivity index (χ4v) is 7.84. The number of aromatic hydroxyl groups is 1. The van der Waals surface area contributed by atoms with E-state index in [0.29, 0.717) is 11.5 Å². The lowest BCUT2D eigenvalue weighted by atomic mass is 9.71. The van der Waals surface area contributed by atoms with Crippen LogP contribution in [-0.2, 0) is 9.47 Å². The molecule has 0 amide bonds. The molecule has 0 heterocycles. The van der Waals surface area contributed by atoms with E-state index >= 15 is 0 Å². The van der Waals surface area contributed by atoms with E-state index in [1.54, 1.807) is 6.07 Å². The first kappa shape index (κ1) is 37.3. The van der Waals surface area contributed by atoms with Gasteiger partial charge >= 0.3 is 12.3 Å². The van der Waals surface area contributed by atoms with Gasteiger partial charge in [0, 0.05) is 17.0 Å². The molecule has 2 aliphatic carbocycles. The molecule has 2 fully saturated rings. The Balaban J connectivity index is 1.80. The normalized spacial score (nSPS) is 16.3. The van der Waals surface area contributed by atoms with E-state index < -0.39 is 23.5 Å². The summed E-state index contributed by atoms with van der Waals surface area (Å²) in [6, 6.07) is 15.8. The molecule has 50 heavy (non-hydrogen) atoms. The maximum Gasteiger partial charge on any atom is 0.514 e. The van der Waals surface area contributed by atoms with E-state index in [1.807, 2.05) is 85.7 Å². The van der Waals surface area contributed by atoms with Crippen LogP contribution in [0.15, 0.2) is 48.5 Å². The predicted molar refractivity (Wildman–Crippen MR) is 197 cm³/mol. The molecule has 0 aromatic heterocycles. The Bertz CT molecular complexity index is 1560. The summed E-state index contributed by atoms with van der Waals surface area (Å²) in [5.74, 6) is 1.17. The predicted octanol–water partition coefficient (Wildman–Crippen LogP) is 11.9. The van der Waals surface area contributed by atoms with Gasteiger partial charge in [-0.15, -0.1) is 0 Å². The molecule has 0 aliphatic heterocycles. The van der Waals surface area contributed by atoms with Crippen LogP contribution in [0.4, 0.5) is 9.59 Å². The van der Waals surface area contributed by atoms with Gasteiger partial charge in [-0.05, 0) is 145 Å². The number of carbonyl (C=O) groups excluding carboxylic acids is 2. The van der Waals surface area contributed by atoms with Crippen molar-refractivity contribution in [2.24, 2.45) is 0 Å². The Morgan fingerprint density at radius 3 is 1.44 bits per heavy atom. The quantitative estimate of drug-likeness (QED) is 0.150. The fourth-order valence-electron chi connectivity index (χ4n) is 7.84. The number of hydrogen-bond acceptors (Lipinski definition) is 7. The summed E-state index contributed by atoms with van der Waals surface area (Å²) in [6.45, 7) is 15.0. The number of hydrogen-bond donors (Lipinski definition) is 1. The zero-order valence-corrected chi connectivity index (χ0v) is 31.3. The topological polar surface area (TPSA) is 91.3 Å². The molecule has 270 valence electrons. The van der Waals surface area contributed by atoms with Crippen LogP contribution >= 0.6 is 0 Å². The maximum absolute atomic E-state index is 13.3. The van der Waals surface area contributed by atoms with Crippen molar-refractivity contribution in [3.63, 3.8) is 0 Å². The molecule has 7 nitrogen and oxygen atoms in total. The summed E-state index contributed by atoms with van der Waals surface area (Å²) < 4.78 is 23.6. The third-order valence-electron chi connectivity index (χ3n) is 9.65. The van der Waals surface area contributed by atoms with Gasteiger partial charge in [0.2, 0.25) is 0 Å². The highest BCUT2D eigenvalue weighted by molar-refractivity contribution is 5.69. The molecule has 1 N–H and O–H groups in total. The molecule has 0 saturated heterocycles. The van der Waals surface area contributed by atoms with Crippen molar-refractivity contribution in [2.75, 3.05) is 0 Å². The van der Waals surface area contributed by atoms with Crippen molar-refractivity contribution >= 4 is 12.3 Å². The molecule has 0 spiro atoms. The molecule has 0 atom stereocenters. The summed E-state index contributed by atoms with van der Waals surface area (Å²) in [7, 11) is 0. The van der Waals surface area contributed by atoms with Crippen molar-refractivity contribution in [1.82, 2.24) is 0 Å². The summed E-state index contributed by atoms with van der Waals surface area (Å²) in [5.41, 5.74) is 5.42. The van der Waals surface area contributed by atoms with Crippen molar-refractivity contribution in [2.45, 2.75) is 149 Å². The minimum absolute atomic E-state index is 0.164. The highest BCUT2D eigenvalue weighted by atomic mass is 16.7. The highest BCUT2D eigenvalue weighted by Crippen LogP contribution is 2.50. The number of aryl methyl sites for hydroxylation is 2. The van der Waals surface area contributed by atoms with Crippen LogP contribution in [0.2, 0.25) is 0 Å². The van der Waals surface area contributed by atoms with Gasteiger partial charge in [0.1, 0.15) is 28.5 Å². The van der Waals surface area contributed by atoms with Crippen molar-refractivity contribution < 1.29 is 33.6 Å². The molecule has 2 aliphatic rings. The summed E-state index contributed by atoms with van der Waals surface area (Å²) >= 11 is 0. The fraction of sp³-hybridized carbons (Fsp3) is 0.535. The van der Waals surface area contributed by atoms with Crippen molar-refractivity contribution in [1.29, 1.82) is 0 Å². The number of rotatable bonds is 7. The first-order valence-corrected chi connectivity index (χ1v) is 18.5. The largest absolute Gasteiger partial charge is 0.514 e. The Kier molecular flexibility index (Phi) is 11.5. The van der Waals surface area contributed by atoms with E-state index in [4.69, 9.17) is 18.9 Å². The SMILES string of the molecule is Cc1cc(OC(=O)OC(C)(C)C)c(C2CCCCC2)c(C(c2cccc(O)c2)c2cc(C)cc(OC(=O)OC(C)(C)C)c2C2CCCCC2)c1. The highest BCUT2D eigenvalue weighted by Gasteiger charge is 2.35. The van der Waals surface area contributed by atoms with E-state index in [-0.39, 0.29) is 23.5 Å². The second-order valence-electron chi connectivity index (χ2n) is 16.4. The van der Waals surface area contributed by atoms with Gasteiger partial charge in [0.25, 0.3) is 0 Å². The number of phenolic OH excluding ortho intramolecular Hbond substituents is 1. The lowest BCUT2D eigenvalue weighted by molar-refractivity contribution is 0.0190. The third-order valence-corrected chi connectivity index (χ3v) is 9.65. The Morgan fingerprint density at radius 2 is 1.06 bits per heavy atom. The average molecular weight is 685 g/mol. The summed E-state index contributed by atoms with van der Waals surface area (Å²) in [6.07, 6.45) is 9.15. The molecule has 7 heteroatoms. The smallest absolute Gasteiger partial charge is 0.508 e. The zero-order chi connectivity index (χ0) is 36.2. The van der Waals surface area contributed by atoms with Gasteiger partial charge in [-0.1, -0.05) is 62.8 Å². The minimum Gasteiger partial charge on any atom is -0.508 e. The zero-order valence-electron chi connectivity index (χ0n) is 31.3. The molecular formula is C43H56O7. The second-order valence-corrected chi connectivity index (χ2v) is 16.4. The lowest BCUT2D eigenvalue weighted by Crippen LogP contribution is -2.27. The van der Waals surface area contributed by atoms with Crippen LogP contribution in [-0.4, -0.2) is 28.6 Å². The van der Waals surface area contributed by atoms with Gasteiger partial charge in [0.15, 0.2) is 0 Å². The second kappa shape index (κ2) is 15.5. The van der Waals surface area contributed by atoms with E-state index in [2.05, 4.69) is 12.1 Å². The molecule has 0 unspecified atom stereocenters. The molecule has 2 saturated carbocycles. The maximum atomic E-state index is 13.3. The standard InChI is InChI=1S/C43H56O7/c1-27-22-33(38(29-16-11-9-12-17-29)35(24-27)47-40(45)49-42(3,4)5)37(31-20-15-21-32(44)26-31)34-23-28(2)25-36(48-41(46)50-43(6,7)8)39(34)30-18-13-10-14-19-30/h15,20-26,29-30,37,44H,9-14,16-19H2,1-8H3. The Hall–Kier alpha value is -4.00. The summed E-state index contributed by atoms with van der Waals surface area (Å²) in [5, 5.41) is 10.9. The third kappa shape index (κ3) is 9.61. The Morgan fingerprint density at radius 1 is 0.640 bits per heavy atom. The van der Waals surface area contributed by atoms with Gasteiger partial charge in [-0.3, -0.25) is 0 Å². The van der Waals surface area contributed by atoms with Crippen molar-refractivity contribution in [3.8, 4) is 17.2 Å². The molecule has 0 bridgehead atoms. The first-order chi connectivity index (χ1) is 23.6. The van der Waals surface area contributed by atoms with Crippen LogP contribution in [0.25, 0.3) is 0 Å². The van der Waals surface area contributed by atoms with Crippen LogP contribution < -0.4 is 9.47 Å².